The number of para-hydroxylation sites is 1. The molecule has 0 saturated heterocycles. The Morgan fingerprint density at radius 1 is 0.892 bits per heavy atom. The predicted molar refractivity (Wildman–Crippen MR) is 139 cm³/mol. The van der Waals surface area contributed by atoms with Crippen LogP contribution in [0.5, 0.6) is 11.5 Å². The first-order chi connectivity index (χ1) is 18.0. The molecule has 1 aromatic heterocycles. The van der Waals surface area contributed by atoms with Crippen molar-refractivity contribution >= 4 is 34.0 Å². The van der Waals surface area contributed by atoms with Crippen LogP contribution in [0.2, 0.25) is 0 Å². The van der Waals surface area contributed by atoms with E-state index < -0.39 is 11.6 Å². The summed E-state index contributed by atoms with van der Waals surface area (Å²) in [6.45, 7) is 1.56. The first kappa shape index (κ1) is 25.6. The first-order valence-corrected chi connectivity index (χ1v) is 11.6. The molecular weight excluding hydrogens is 476 g/mol. The van der Waals surface area contributed by atoms with Crippen LogP contribution in [-0.2, 0) is 19.1 Å². The van der Waals surface area contributed by atoms with E-state index >= 15 is 0 Å². The molecule has 1 aliphatic carbocycles. The highest BCUT2D eigenvalue weighted by Crippen LogP contribution is 2.34. The normalized spacial score (nSPS) is 13.2. The zero-order valence-electron chi connectivity index (χ0n) is 20.9. The highest BCUT2D eigenvalue weighted by atomic mass is 16.5. The molecule has 1 heterocycles. The number of nitrogens with one attached hydrogen (secondary N) is 1. The molecule has 0 unspecified atom stereocenters. The van der Waals surface area contributed by atoms with Gasteiger partial charge in [0.2, 0.25) is 11.6 Å². The SMILES string of the molecule is COCCOc1cc2ncnc(NC3=CC(=O)C(OCCN(C)c4ccccc4)=CC3=O)c2cc1OC. The highest BCUT2D eigenvalue weighted by Gasteiger charge is 2.23. The van der Waals surface area contributed by atoms with Gasteiger partial charge in [-0.15, -0.1) is 0 Å². The second-order valence-electron chi connectivity index (χ2n) is 8.11. The average Bonchev–Trinajstić information content (AvgIpc) is 2.91. The zero-order chi connectivity index (χ0) is 26.2. The van der Waals surface area contributed by atoms with Crippen LogP contribution in [0, 0.1) is 0 Å². The minimum Gasteiger partial charge on any atom is -0.493 e. The number of ketones is 2. The molecule has 1 N–H and O–H groups in total. The number of benzene rings is 2. The van der Waals surface area contributed by atoms with Crippen LogP contribution in [0.15, 0.2) is 72.4 Å². The highest BCUT2D eigenvalue weighted by molar-refractivity contribution is 6.20. The summed E-state index contributed by atoms with van der Waals surface area (Å²) in [5, 5.41) is 3.55. The lowest BCUT2D eigenvalue weighted by Crippen LogP contribution is -2.25. The Labute approximate surface area is 214 Å². The van der Waals surface area contributed by atoms with Gasteiger partial charge in [-0.2, -0.15) is 0 Å². The monoisotopic (exact) mass is 504 g/mol. The summed E-state index contributed by atoms with van der Waals surface area (Å²) in [5.74, 6) is 0.518. The van der Waals surface area contributed by atoms with Crippen LogP contribution in [0.3, 0.4) is 0 Å². The maximum atomic E-state index is 12.8. The molecule has 10 heteroatoms. The van der Waals surface area contributed by atoms with Gasteiger partial charge < -0.3 is 29.2 Å². The number of rotatable bonds is 12. The van der Waals surface area contributed by atoms with Crippen molar-refractivity contribution < 1.29 is 28.5 Å². The average molecular weight is 505 g/mol. The van der Waals surface area contributed by atoms with E-state index in [1.165, 1.54) is 25.6 Å². The standard InChI is InChI=1S/C27H28N4O6/c1-31(18-7-5-4-6-8-18)9-10-36-24-16-22(32)21(14-23(24)33)30-27-19-13-25(35-3)26(37-12-11-34-2)15-20(19)28-17-29-27/h4-8,13-17H,9-12H2,1-3H3,(H,28,29,30). The van der Waals surface area contributed by atoms with E-state index in [2.05, 4.69) is 15.3 Å². The number of ether oxygens (including phenoxy) is 4. The fourth-order valence-electron chi connectivity index (χ4n) is 3.65. The van der Waals surface area contributed by atoms with Crippen LogP contribution in [0.25, 0.3) is 10.9 Å². The molecule has 0 atom stereocenters. The first-order valence-electron chi connectivity index (χ1n) is 11.6. The number of allylic oxidation sites excluding steroid dienone is 2. The topological polar surface area (TPSA) is 112 Å². The number of hydrogen-bond donors (Lipinski definition) is 1. The third-order valence-electron chi connectivity index (χ3n) is 5.65. The lowest BCUT2D eigenvalue weighted by atomic mass is 10.1. The van der Waals surface area contributed by atoms with Crippen molar-refractivity contribution in [2.75, 3.05) is 57.8 Å². The third-order valence-corrected chi connectivity index (χ3v) is 5.65. The van der Waals surface area contributed by atoms with Crippen molar-refractivity contribution in [2.24, 2.45) is 0 Å². The van der Waals surface area contributed by atoms with Gasteiger partial charge in [0.1, 0.15) is 25.4 Å². The quantitative estimate of drug-likeness (QED) is 0.292. The van der Waals surface area contributed by atoms with Crippen LogP contribution >= 0.6 is 0 Å². The van der Waals surface area contributed by atoms with Gasteiger partial charge in [-0.25, -0.2) is 9.97 Å². The summed E-state index contributed by atoms with van der Waals surface area (Å²) in [6, 6.07) is 13.2. The van der Waals surface area contributed by atoms with Crippen LogP contribution < -0.4 is 19.7 Å². The van der Waals surface area contributed by atoms with E-state index in [9.17, 15) is 9.59 Å². The van der Waals surface area contributed by atoms with Gasteiger partial charge in [0.05, 0.1) is 31.5 Å². The second-order valence-corrected chi connectivity index (χ2v) is 8.11. The van der Waals surface area contributed by atoms with E-state index in [4.69, 9.17) is 18.9 Å². The number of carbonyl (C=O) groups excluding carboxylic acids is 2. The molecule has 2 aromatic carbocycles. The largest absolute Gasteiger partial charge is 0.493 e. The van der Waals surface area contributed by atoms with E-state index in [1.807, 2.05) is 42.3 Å². The molecule has 0 spiro atoms. The lowest BCUT2D eigenvalue weighted by molar-refractivity contribution is -0.117. The Morgan fingerprint density at radius 3 is 2.46 bits per heavy atom. The van der Waals surface area contributed by atoms with Crippen LogP contribution in [0.1, 0.15) is 0 Å². The molecule has 0 saturated carbocycles. The van der Waals surface area contributed by atoms with Gasteiger partial charge in [-0.05, 0) is 18.2 Å². The van der Waals surface area contributed by atoms with Gasteiger partial charge in [0.25, 0.3) is 0 Å². The van der Waals surface area contributed by atoms with Gasteiger partial charge in [-0.1, -0.05) is 18.2 Å². The number of anilines is 2. The molecule has 0 amide bonds. The smallest absolute Gasteiger partial charge is 0.222 e. The molecule has 1 aliphatic rings. The minimum atomic E-state index is -0.408. The number of nitrogens with zero attached hydrogens (tertiary/aromatic N) is 3. The Hall–Kier alpha value is -4.44. The molecular formula is C27H28N4O6. The molecule has 10 nitrogen and oxygen atoms in total. The van der Waals surface area contributed by atoms with Crippen molar-refractivity contribution in [2.45, 2.75) is 0 Å². The molecule has 4 rings (SSSR count). The molecule has 37 heavy (non-hydrogen) atoms. The summed E-state index contributed by atoms with van der Waals surface area (Å²) in [7, 11) is 5.04. The minimum absolute atomic E-state index is 0.00377. The summed E-state index contributed by atoms with van der Waals surface area (Å²) in [6.07, 6.45) is 3.77. The van der Waals surface area contributed by atoms with Crippen molar-refractivity contribution in [3.05, 3.63) is 72.4 Å². The number of likely N-dealkylation sites (N-methyl/N-ethyl adjacent to an activating group) is 1. The maximum Gasteiger partial charge on any atom is 0.222 e. The fraction of sp³-hybridized carbons (Fsp3) is 0.259. The molecule has 192 valence electrons. The molecule has 3 aromatic rings. The van der Waals surface area contributed by atoms with Gasteiger partial charge in [-0.3, -0.25) is 9.59 Å². The predicted octanol–water partition coefficient (Wildman–Crippen LogP) is 3.15. The van der Waals surface area contributed by atoms with Crippen LogP contribution in [0.4, 0.5) is 11.5 Å². The van der Waals surface area contributed by atoms with E-state index in [-0.39, 0.29) is 18.1 Å². The van der Waals surface area contributed by atoms with E-state index in [0.717, 1.165) is 5.69 Å². The Bertz CT molecular complexity index is 1340. The van der Waals surface area contributed by atoms with Gasteiger partial charge >= 0.3 is 0 Å². The summed E-state index contributed by atoms with van der Waals surface area (Å²) in [4.78, 5) is 36.0. The fourth-order valence-corrected chi connectivity index (χ4v) is 3.65. The molecule has 0 aliphatic heterocycles. The second kappa shape index (κ2) is 12.0. The van der Waals surface area contributed by atoms with Crippen molar-refractivity contribution in [1.82, 2.24) is 9.97 Å². The van der Waals surface area contributed by atoms with Gasteiger partial charge in [0, 0.05) is 43.4 Å². The Kier molecular flexibility index (Phi) is 8.32. The lowest BCUT2D eigenvalue weighted by Gasteiger charge is -2.20. The molecule has 0 fully saturated rings. The van der Waals surface area contributed by atoms with Crippen molar-refractivity contribution in [3.8, 4) is 11.5 Å². The Balaban J connectivity index is 1.44. The summed E-state index contributed by atoms with van der Waals surface area (Å²) in [5.41, 5.74) is 1.68. The maximum absolute atomic E-state index is 12.8. The number of aromatic nitrogens is 2. The number of fused-ring (bicyclic) bond motifs is 1. The number of methoxy groups -OCH3 is 2. The van der Waals surface area contributed by atoms with Crippen molar-refractivity contribution in [1.29, 1.82) is 0 Å². The zero-order valence-corrected chi connectivity index (χ0v) is 20.9. The van der Waals surface area contributed by atoms with E-state index in [0.29, 0.717) is 48.0 Å². The molecule has 0 radical (unpaired) electrons. The van der Waals surface area contributed by atoms with Crippen molar-refractivity contribution in [3.63, 3.8) is 0 Å². The van der Waals surface area contributed by atoms with E-state index in [1.54, 1.807) is 19.2 Å². The summed E-state index contributed by atoms with van der Waals surface area (Å²) >= 11 is 0. The number of hydrogen-bond acceptors (Lipinski definition) is 10. The molecule has 0 bridgehead atoms. The van der Waals surface area contributed by atoms with Gasteiger partial charge in [0.15, 0.2) is 17.3 Å². The summed E-state index contributed by atoms with van der Waals surface area (Å²) < 4.78 is 21.8. The third kappa shape index (κ3) is 6.22. The Morgan fingerprint density at radius 2 is 1.70 bits per heavy atom. The number of carbonyl (C=O) groups is 2. The van der Waals surface area contributed by atoms with Crippen LogP contribution in [-0.4, -0.2) is 69.2 Å².